The molecular weight excluding hydrogens is 330 g/mol. The normalized spacial score (nSPS) is 10.3. The summed E-state index contributed by atoms with van der Waals surface area (Å²) in [6, 6.07) is 16.6. The summed E-state index contributed by atoms with van der Waals surface area (Å²) in [5.41, 5.74) is 1.56. The molecule has 2 N–H and O–H groups in total. The lowest BCUT2D eigenvalue weighted by Crippen LogP contribution is -2.32. The Morgan fingerprint density at radius 3 is 2.85 bits per heavy atom. The summed E-state index contributed by atoms with van der Waals surface area (Å²) in [6.07, 6.45) is 1.76. The van der Waals surface area contributed by atoms with Crippen LogP contribution in [0.1, 0.15) is 6.92 Å². The van der Waals surface area contributed by atoms with E-state index in [2.05, 4.69) is 15.6 Å². The van der Waals surface area contributed by atoms with Crippen LogP contribution in [0.5, 0.6) is 11.5 Å². The smallest absolute Gasteiger partial charge is 0.319 e. The van der Waals surface area contributed by atoms with E-state index in [0.29, 0.717) is 31.2 Å². The van der Waals surface area contributed by atoms with Gasteiger partial charge in [0, 0.05) is 11.6 Å². The Morgan fingerprint density at radius 2 is 1.96 bits per heavy atom. The molecule has 0 bridgehead atoms. The molecule has 0 saturated carbocycles. The van der Waals surface area contributed by atoms with Crippen LogP contribution >= 0.6 is 0 Å². The van der Waals surface area contributed by atoms with Gasteiger partial charge < -0.3 is 20.1 Å². The van der Waals surface area contributed by atoms with Crippen LogP contribution in [0, 0.1) is 0 Å². The van der Waals surface area contributed by atoms with Crippen LogP contribution < -0.4 is 20.1 Å². The molecule has 2 amide bonds. The van der Waals surface area contributed by atoms with Crippen LogP contribution in [0.2, 0.25) is 0 Å². The summed E-state index contributed by atoms with van der Waals surface area (Å²) in [5.74, 6) is 1.39. The fourth-order valence-electron chi connectivity index (χ4n) is 2.49. The molecule has 0 atom stereocenters. The number of carbonyl (C=O) groups is 1. The van der Waals surface area contributed by atoms with Crippen molar-refractivity contribution in [3.05, 3.63) is 60.8 Å². The minimum absolute atomic E-state index is 0.302. The number of carbonyl (C=O) groups excluding carboxylic acids is 1. The maximum absolute atomic E-state index is 12.0. The van der Waals surface area contributed by atoms with E-state index >= 15 is 0 Å². The average Bonchev–Trinajstić information content (AvgIpc) is 2.67. The molecule has 6 heteroatoms. The van der Waals surface area contributed by atoms with Crippen molar-refractivity contribution in [3.63, 3.8) is 0 Å². The maximum Gasteiger partial charge on any atom is 0.319 e. The number of aromatic nitrogens is 1. The van der Waals surface area contributed by atoms with Crippen molar-refractivity contribution in [3.8, 4) is 11.5 Å². The monoisotopic (exact) mass is 351 g/mol. The number of rotatable bonds is 7. The van der Waals surface area contributed by atoms with Crippen LogP contribution in [0.3, 0.4) is 0 Å². The standard InChI is InChI=1S/C20H21N3O3/c1-2-25-19-8-4-3-7-18(19)23-20(24)22-12-13-26-16-9-10-17-15(14-16)6-5-11-21-17/h3-11,14H,2,12-13H2,1H3,(H2,22,23,24). The number of urea groups is 1. The lowest BCUT2D eigenvalue weighted by Gasteiger charge is -2.12. The van der Waals surface area contributed by atoms with Crippen LogP contribution in [0.25, 0.3) is 10.9 Å². The topological polar surface area (TPSA) is 72.5 Å². The summed E-state index contributed by atoms with van der Waals surface area (Å²) < 4.78 is 11.2. The van der Waals surface area contributed by atoms with E-state index in [1.807, 2.05) is 55.5 Å². The highest BCUT2D eigenvalue weighted by atomic mass is 16.5. The highest BCUT2D eigenvalue weighted by Crippen LogP contribution is 2.23. The first-order valence-corrected chi connectivity index (χ1v) is 8.50. The number of nitrogens with one attached hydrogen (secondary N) is 2. The Morgan fingerprint density at radius 1 is 1.08 bits per heavy atom. The van der Waals surface area contributed by atoms with Gasteiger partial charge in [0.15, 0.2) is 0 Å². The minimum Gasteiger partial charge on any atom is -0.492 e. The largest absolute Gasteiger partial charge is 0.492 e. The number of anilines is 1. The first-order chi connectivity index (χ1) is 12.8. The third-order valence-corrected chi connectivity index (χ3v) is 3.67. The first kappa shape index (κ1) is 17.5. The molecule has 1 heterocycles. The molecule has 26 heavy (non-hydrogen) atoms. The van der Waals surface area contributed by atoms with Gasteiger partial charge in [-0.3, -0.25) is 4.98 Å². The Hall–Kier alpha value is -3.28. The lowest BCUT2D eigenvalue weighted by molar-refractivity contribution is 0.247. The van der Waals surface area contributed by atoms with E-state index in [1.165, 1.54) is 0 Å². The number of fused-ring (bicyclic) bond motifs is 1. The van der Waals surface area contributed by atoms with Crippen molar-refractivity contribution in [2.24, 2.45) is 0 Å². The number of benzene rings is 2. The van der Waals surface area contributed by atoms with E-state index in [-0.39, 0.29) is 6.03 Å². The molecule has 0 unspecified atom stereocenters. The van der Waals surface area contributed by atoms with Crippen LogP contribution in [0.4, 0.5) is 10.5 Å². The fourth-order valence-corrected chi connectivity index (χ4v) is 2.49. The zero-order valence-corrected chi connectivity index (χ0v) is 14.6. The van der Waals surface area contributed by atoms with Gasteiger partial charge in [0.25, 0.3) is 0 Å². The van der Waals surface area contributed by atoms with Crippen molar-refractivity contribution < 1.29 is 14.3 Å². The second-order valence-corrected chi connectivity index (χ2v) is 5.52. The van der Waals surface area contributed by atoms with Gasteiger partial charge in [0.2, 0.25) is 0 Å². The number of ether oxygens (including phenoxy) is 2. The van der Waals surface area contributed by atoms with E-state index in [9.17, 15) is 4.79 Å². The zero-order valence-electron chi connectivity index (χ0n) is 14.6. The Bertz CT molecular complexity index is 883. The first-order valence-electron chi connectivity index (χ1n) is 8.50. The molecule has 2 aromatic carbocycles. The van der Waals surface area contributed by atoms with Gasteiger partial charge in [-0.15, -0.1) is 0 Å². The number of para-hydroxylation sites is 2. The molecule has 0 fully saturated rings. The number of amides is 2. The second kappa shape index (κ2) is 8.71. The van der Waals surface area contributed by atoms with Crippen LogP contribution in [-0.4, -0.2) is 30.8 Å². The molecule has 6 nitrogen and oxygen atoms in total. The van der Waals surface area contributed by atoms with Gasteiger partial charge in [0.05, 0.1) is 24.4 Å². The molecule has 0 aliphatic rings. The predicted octanol–water partition coefficient (Wildman–Crippen LogP) is 3.83. The molecule has 0 aliphatic heterocycles. The van der Waals surface area contributed by atoms with Crippen LogP contribution in [0.15, 0.2) is 60.8 Å². The third kappa shape index (κ3) is 4.63. The van der Waals surface area contributed by atoms with Crippen molar-refractivity contribution in [2.45, 2.75) is 6.92 Å². The van der Waals surface area contributed by atoms with Gasteiger partial charge >= 0.3 is 6.03 Å². The summed E-state index contributed by atoms with van der Waals surface area (Å²) in [7, 11) is 0. The van der Waals surface area contributed by atoms with E-state index in [4.69, 9.17) is 9.47 Å². The number of hydrogen-bond acceptors (Lipinski definition) is 4. The van der Waals surface area contributed by atoms with Gasteiger partial charge in [-0.1, -0.05) is 18.2 Å². The van der Waals surface area contributed by atoms with E-state index in [0.717, 1.165) is 16.7 Å². The molecule has 1 aromatic heterocycles. The third-order valence-electron chi connectivity index (χ3n) is 3.67. The molecule has 0 aliphatic carbocycles. The molecule has 134 valence electrons. The van der Waals surface area contributed by atoms with E-state index < -0.39 is 0 Å². The predicted molar refractivity (Wildman–Crippen MR) is 102 cm³/mol. The molecular formula is C20H21N3O3. The molecule has 3 rings (SSSR count). The zero-order chi connectivity index (χ0) is 18.2. The second-order valence-electron chi connectivity index (χ2n) is 5.52. The van der Waals surface area contributed by atoms with Crippen molar-refractivity contribution in [1.29, 1.82) is 0 Å². The fraction of sp³-hybridized carbons (Fsp3) is 0.200. The number of nitrogens with zero attached hydrogens (tertiary/aromatic N) is 1. The summed E-state index contributed by atoms with van der Waals surface area (Å²) in [6.45, 7) is 3.19. The van der Waals surface area contributed by atoms with Gasteiger partial charge in [0.1, 0.15) is 18.1 Å². The highest BCUT2D eigenvalue weighted by Gasteiger charge is 2.06. The molecule has 0 radical (unpaired) electrons. The average molecular weight is 351 g/mol. The minimum atomic E-state index is -0.302. The summed E-state index contributed by atoms with van der Waals surface area (Å²) >= 11 is 0. The van der Waals surface area contributed by atoms with Crippen LogP contribution in [-0.2, 0) is 0 Å². The molecule has 0 spiro atoms. The van der Waals surface area contributed by atoms with E-state index in [1.54, 1.807) is 12.3 Å². The SMILES string of the molecule is CCOc1ccccc1NC(=O)NCCOc1ccc2ncccc2c1. The van der Waals surface area contributed by atoms with Gasteiger partial charge in [-0.05, 0) is 43.3 Å². The number of pyridine rings is 1. The lowest BCUT2D eigenvalue weighted by atomic mass is 10.2. The quantitative estimate of drug-likeness (QED) is 0.635. The molecule has 0 saturated heterocycles. The molecule has 3 aromatic rings. The van der Waals surface area contributed by atoms with Crippen molar-refractivity contribution >= 4 is 22.6 Å². The van der Waals surface area contributed by atoms with Gasteiger partial charge in [-0.2, -0.15) is 0 Å². The Kier molecular flexibility index (Phi) is 5.88. The summed E-state index contributed by atoms with van der Waals surface area (Å²) in [4.78, 5) is 16.3. The van der Waals surface area contributed by atoms with Crippen molar-refractivity contribution in [2.75, 3.05) is 25.1 Å². The Labute approximate surface area is 152 Å². The summed E-state index contributed by atoms with van der Waals surface area (Å²) in [5, 5.41) is 6.56. The highest BCUT2D eigenvalue weighted by molar-refractivity contribution is 5.90. The maximum atomic E-state index is 12.0. The Balaban J connectivity index is 1.46. The van der Waals surface area contributed by atoms with Crippen molar-refractivity contribution in [1.82, 2.24) is 10.3 Å². The van der Waals surface area contributed by atoms with Gasteiger partial charge in [-0.25, -0.2) is 4.79 Å². The number of hydrogen-bond donors (Lipinski definition) is 2.